The predicted octanol–water partition coefficient (Wildman–Crippen LogP) is -8.35. The first-order valence-corrected chi connectivity index (χ1v) is 23.9. The number of halogens is 5. The van der Waals surface area contributed by atoms with E-state index in [1.807, 2.05) is 0 Å². The third-order valence-corrected chi connectivity index (χ3v) is 2.14. The van der Waals surface area contributed by atoms with E-state index in [2.05, 4.69) is 0 Å². The summed E-state index contributed by atoms with van der Waals surface area (Å²) in [6, 6.07) is 6.10. The first kappa shape index (κ1) is 50.6. The molecule has 0 saturated heterocycles. The molecule has 18 nitrogen and oxygen atoms in total. The average molecular weight is 898 g/mol. The zero-order valence-electron chi connectivity index (χ0n) is 17.6. The second-order valence-electron chi connectivity index (χ2n) is 4.63. The largest absolute Gasteiger partial charge is 1.00 e. The summed E-state index contributed by atoms with van der Waals surface area (Å²) in [6.07, 6.45) is 0. The third-order valence-electron chi connectivity index (χ3n) is 1.29. The third kappa shape index (κ3) is 158. The minimum absolute atomic E-state index is 0. The molecule has 0 aliphatic carbocycles. The van der Waals surface area contributed by atoms with Gasteiger partial charge in [-0.05, 0) is 24.6 Å². The van der Waals surface area contributed by atoms with E-state index in [0.29, 0.717) is 0 Å². The van der Waals surface area contributed by atoms with Crippen molar-refractivity contribution in [1.29, 1.82) is 0 Å². The maximum Gasteiger partial charge on any atom is 1.00 e. The Morgan fingerprint density at radius 2 is 0.865 bits per heavy atom. The fraction of sp³-hybridized carbons (Fsp3) is 0.143. The van der Waals surface area contributed by atoms with Crippen LogP contribution in [-0.2, 0) is 28.8 Å². The van der Waals surface area contributed by atoms with E-state index >= 15 is 0 Å². The molecule has 0 aliphatic rings. The summed E-state index contributed by atoms with van der Waals surface area (Å²) in [5.41, 5.74) is 0.806. The van der Waals surface area contributed by atoms with Gasteiger partial charge in [0.25, 0.3) is 10.1 Å². The van der Waals surface area contributed by atoms with Crippen molar-refractivity contribution in [1.82, 2.24) is 0 Å². The van der Waals surface area contributed by atoms with Crippen molar-refractivity contribution >= 4 is 83.3 Å². The molecular weight excluding hydrogens is 881 g/mol. The Morgan fingerprint density at radius 1 is 0.676 bits per heavy atom. The van der Waals surface area contributed by atoms with Gasteiger partial charge in [0.2, 0.25) is 0 Å². The Hall–Kier alpha value is 0.770. The van der Waals surface area contributed by atoms with E-state index in [1.165, 1.54) is 12.1 Å². The van der Waals surface area contributed by atoms with Crippen molar-refractivity contribution in [3.63, 3.8) is 0 Å². The molecule has 1 aromatic carbocycles. The second kappa shape index (κ2) is 21.5. The van der Waals surface area contributed by atoms with Crippen LogP contribution >= 0.6 is 0 Å². The summed E-state index contributed by atoms with van der Waals surface area (Å²) in [7, 11) is -4.03. The Bertz CT molecular complexity index is 932. The predicted molar refractivity (Wildman–Crippen MR) is 98.7 cm³/mol. The van der Waals surface area contributed by atoms with Gasteiger partial charge in [-0.3, -0.25) is 4.55 Å². The van der Waals surface area contributed by atoms with Gasteiger partial charge in [0.15, 0.2) is 0 Å². The van der Waals surface area contributed by atoms with Gasteiger partial charge in [-0.1, -0.05) is 12.1 Å². The smallest absolute Gasteiger partial charge is 1.00 e. The molecule has 0 saturated carbocycles. The summed E-state index contributed by atoms with van der Waals surface area (Å²) in [5.74, 6) is 0. The molecule has 1 aromatic rings. The van der Waals surface area contributed by atoms with Gasteiger partial charge >= 0.3 is 169 Å². The summed E-state index contributed by atoms with van der Waals surface area (Å²) in [5, 5.41) is 0. The van der Waals surface area contributed by atoms with Crippen molar-refractivity contribution < 1.29 is 109 Å². The van der Waals surface area contributed by atoms with Gasteiger partial charge < -0.3 is 0 Å². The van der Waals surface area contributed by atoms with Gasteiger partial charge in [-0.2, -0.15) is 8.42 Å². The van der Waals surface area contributed by atoms with Crippen LogP contribution in [0.2, 0.25) is 0 Å². The van der Waals surface area contributed by atoms with Crippen LogP contribution in [0.1, 0.15) is 5.56 Å². The molecule has 0 heterocycles. The van der Waals surface area contributed by atoms with E-state index in [4.69, 9.17) is 64.2 Å². The summed E-state index contributed by atoms with van der Waals surface area (Å²) >= 11 is -28.4. The number of rotatable bonds is 1. The monoisotopic (exact) mass is 898 g/mol. The molecule has 1 rings (SSSR count). The zero-order valence-corrected chi connectivity index (χ0v) is 27.8. The van der Waals surface area contributed by atoms with E-state index < -0.39 is 83.3 Å². The number of hydrogen-bond acceptors (Lipinski definition) is 8. The van der Waals surface area contributed by atoms with Crippen molar-refractivity contribution in [2.75, 3.05) is 0 Å². The molecule has 1 unspecified atom stereocenters. The van der Waals surface area contributed by atoms with Gasteiger partial charge in [0.1, 0.15) is 0 Å². The van der Waals surface area contributed by atoms with E-state index in [1.54, 1.807) is 19.1 Å². The standard InChI is InChI=1S/C7H8O3S.5AsFH2O3.Li/c1-6-3-2-4-7(5-6)11(8,9)10;5*2-1(3,4)5;/h2-5H,1H3,(H,8,9,10);5*(H2,3,4,5);/q;;;;;;+1/p-1. The fourth-order valence-electron chi connectivity index (χ4n) is 0.776. The second-order valence-corrected chi connectivity index (χ2v) is 15.9. The van der Waals surface area contributed by atoms with E-state index in [0.717, 1.165) is 5.56 Å². The Morgan fingerprint density at radius 3 is 0.973 bits per heavy atom. The van der Waals surface area contributed by atoms with Crippen LogP contribution < -0.4 is 23.0 Å². The van der Waals surface area contributed by atoms with Crippen LogP contribution in [0.5, 0.6) is 0 Å². The number of benzene rings is 1. The molecule has 0 spiro atoms. The van der Waals surface area contributed by atoms with Crippen molar-refractivity contribution in [3.05, 3.63) is 29.8 Å². The quantitative estimate of drug-likeness (QED) is 0.0711. The van der Waals surface area contributed by atoms with E-state index in [-0.39, 0.29) is 23.8 Å². The molecule has 37 heavy (non-hydrogen) atoms. The Balaban J connectivity index is -0.0000000812. The van der Waals surface area contributed by atoms with Crippen LogP contribution in [-0.4, -0.2) is 123 Å². The van der Waals surface area contributed by atoms with Crippen LogP contribution in [0, 0.1) is 6.92 Å². The van der Waals surface area contributed by atoms with Crippen molar-refractivity contribution in [2.24, 2.45) is 0 Å². The SMILES string of the molecule is Cc1cccc(S(=O)(=O)O)c1.O=[As](O)(O)F.O=[As](O)(O)F.O=[As](O)(O)F.O=[As](O)(O)F.O=[As]([O-])(O)F.[Li+]. The molecule has 0 amide bonds. The van der Waals surface area contributed by atoms with Gasteiger partial charge in [0.05, 0.1) is 4.90 Å². The first-order valence-electron chi connectivity index (χ1n) is 6.78. The van der Waals surface area contributed by atoms with Crippen molar-refractivity contribution in [3.8, 4) is 0 Å². The number of aryl methyl sites for hydroxylation is 1. The summed E-state index contributed by atoms with van der Waals surface area (Å²) in [4.78, 5) is -0.0579. The maximum atomic E-state index is 10.5. The van der Waals surface area contributed by atoms with Crippen LogP contribution in [0.15, 0.2) is 29.2 Å². The van der Waals surface area contributed by atoms with Crippen LogP contribution in [0.25, 0.3) is 0 Å². The summed E-state index contributed by atoms with van der Waals surface area (Å²) in [6.45, 7) is 1.76. The van der Waals surface area contributed by atoms with Gasteiger partial charge in [-0.15, -0.1) is 0 Å². The number of hydrogen-bond donors (Lipinski definition) is 10. The first-order chi connectivity index (χ1) is 15.0. The molecule has 0 aliphatic heterocycles. The average Bonchev–Trinajstić information content (AvgIpc) is 2.36. The molecule has 30 heteroatoms. The van der Waals surface area contributed by atoms with Crippen molar-refractivity contribution in [2.45, 2.75) is 11.8 Å². The minimum Gasteiger partial charge on any atom is 1.00 e. The van der Waals surface area contributed by atoms with E-state index in [9.17, 15) is 25.8 Å². The molecule has 1 atom stereocenters. The maximum absolute atomic E-state index is 10.5. The Kier molecular flexibility index (Phi) is 29.4. The fourth-order valence-corrected chi connectivity index (χ4v) is 1.36. The molecule has 0 bridgehead atoms. The van der Waals surface area contributed by atoms with Crippen LogP contribution in [0.3, 0.4) is 0 Å². The molecule has 220 valence electrons. The van der Waals surface area contributed by atoms with Gasteiger partial charge in [-0.25, -0.2) is 0 Å². The molecule has 0 aromatic heterocycles. The molecular formula is C7H17As5F5LiO18S. The molecule has 0 fully saturated rings. The zero-order chi connectivity index (χ0) is 31.0. The topological polar surface area (TPSA) is 345 Å². The Labute approximate surface area is 232 Å². The molecule has 0 radical (unpaired) electrons. The normalized spacial score (nSPS) is 12.7. The van der Waals surface area contributed by atoms with Gasteiger partial charge in [0, 0.05) is 0 Å². The van der Waals surface area contributed by atoms with Crippen LogP contribution in [0.4, 0.5) is 17.3 Å². The molecule has 10 N–H and O–H groups in total. The minimum atomic E-state index is -5.88. The summed E-state index contributed by atoms with van der Waals surface area (Å²) < 4.78 is 197.